The first-order chi connectivity index (χ1) is 17.3. The van der Waals surface area contributed by atoms with E-state index >= 15 is 0 Å². The van der Waals surface area contributed by atoms with Gasteiger partial charge in [0.25, 0.3) is 0 Å². The Morgan fingerprint density at radius 1 is 1.06 bits per heavy atom. The van der Waals surface area contributed by atoms with Crippen LogP contribution in [-0.4, -0.2) is 76.7 Å². The minimum Gasteiger partial charge on any atom is -0.442 e. The van der Waals surface area contributed by atoms with E-state index in [9.17, 15) is 18.0 Å². The Kier molecular flexibility index (Phi) is 6.63. The number of carbonyl (C=O) groups is 1. The SMILES string of the molecule is O=C(OC1CN(c2nnc(-c3ccc(C(F)(F)F)cc3)c(-c3ccncc3Cl)n2)C1)N1CCOCC1. The van der Waals surface area contributed by atoms with Crippen LogP contribution in [0.2, 0.25) is 5.02 Å². The van der Waals surface area contributed by atoms with Gasteiger partial charge in [0.15, 0.2) is 0 Å². The smallest absolute Gasteiger partial charge is 0.416 e. The highest BCUT2D eigenvalue weighted by atomic mass is 35.5. The van der Waals surface area contributed by atoms with Gasteiger partial charge in [0.2, 0.25) is 5.95 Å². The minimum absolute atomic E-state index is 0.274. The lowest BCUT2D eigenvalue weighted by atomic mass is 10.0. The lowest BCUT2D eigenvalue weighted by molar-refractivity contribution is -0.137. The Hall–Kier alpha value is -3.51. The Morgan fingerprint density at radius 2 is 1.78 bits per heavy atom. The monoisotopic (exact) mass is 520 g/mol. The molecule has 0 aliphatic carbocycles. The fourth-order valence-electron chi connectivity index (χ4n) is 3.86. The summed E-state index contributed by atoms with van der Waals surface area (Å²) in [6.07, 6.45) is -2.19. The number of anilines is 1. The normalized spacial score (nSPS) is 16.6. The number of carbonyl (C=O) groups excluding carboxylic acids is 1. The van der Waals surface area contributed by atoms with E-state index in [2.05, 4.69) is 20.2 Å². The Morgan fingerprint density at radius 3 is 2.44 bits per heavy atom. The van der Waals surface area contributed by atoms with Gasteiger partial charge in [-0.3, -0.25) is 4.98 Å². The molecule has 4 heterocycles. The Bertz CT molecular complexity index is 1250. The summed E-state index contributed by atoms with van der Waals surface area (Å²) in [4.78, 5) is 24.3. The van der Waals surface area contributed by atoms with Crippen molar-refractivity contribution in [2.75, 3.05) is 44.3 Å². The van der Waals surface area contributed by atoms with E-state index in [-0.39, 0.29) is 23.8 Å². The summed E-state index contributed by atoms with van der Waals surface area (Å²) in [5.41, 5.74) is 0.759. The van der Waals surface area contributed by atoms with Gasteiger partial charge in [-0.05, 0) is 18.2 Å². The van der Waals surface area contributed by atoms with E-state index in [1.807, 2.05) is 0 Å². The lowest BCUT2D eigenvalue weighted by Gasteiger charge is -2.39. The molecule has 0 atom stereocenters. The number of amides is 1. The number of aromatic nitrogens is 4. The lowest BCUT2D eigenvalue weighted by Crippen LogP contribution is -2.55. The molecule has 3 aromatic rings. The van der Waals surface area contributed by atoms with Crippen LogP contribution in [0.1, 0.15) is 5.56 Å². The predicted molar refractivity (Wildman–Crippen MR) is 123 cm³/mol. The summed E-state index contributed by atoms with van der Waals surface area (Å²) < 4.78 is 49.8. The summed E-state index contributed by atoms with van der Waals surface area (Å²) in [5.74, 6) is 0.284. The van der Waals surface area contributed by atoms with Crippen LogP contribution < -0.4 is 4.90 Å². The van der Waals surface area contributed by atoms with Crippen molar-refractivity contribution in [2.24, 2.45) is 0 Å². The Labute approximate surface area is 208 Å². The topological polar surface area (TPSA) is 93.6 Å². The van der Waals surface area contributed by atoms with Gasteiger partial charge in [0.1, 0.15) is 17.5 Å². The number of hydrogen-bond acceptors (Lipinski definition) is 8. The second-order valence-electron chi connectivity index (χ2n) is 8.25. The summed E-state index contributed by atoms with van der Waals surface area (Å²) in [5, 5.41) is 8.76. The Balaban J connectivity index is 1.38. The molecule has 2 saturated heterocycles. The van der Waals surface area contributed by atoms with Crippen molar-refractivity contribution in [2.45, 2.75) is 12.3 Å². The van der Waals surface area contributed by atoms with E-state index in [0.29, 0.717) is 61.2 Å². The maximum absolute atomic E-state index is 13.0. The fraction of sp³-hybridized carbons (Fsp3) is 0.348. The van der Waals surface area contributed by atoms with E-state index in [1.54, 1.807) is 15.9 Å². The molecular weight excluding hydrogens is 501 g/mol. The molecule has 0 N–H and O–H groups in total. The summed E-state index contributed by atoms with van der Waals surface area (Å²) >= 11 is 6.35. The number of halogens is 4. The van der Waals surface area contributed by atoms with E-state index in [0.717, 1.165) is 12.1 Å². The highest BCUT2D eigenvalue weighted by Crippen LogP contribution is 2.36. The molecule has 2 fully saturated rings. The van der Waals surface area contributed by atoms with Crippen LogP contribution in [0.25, 0.3) is 22.5 Å². The number of hydrogen-bond donors (Lipinski definition) is 0. The quantitative estimate of drug-likeness (QED) is 0.511. The van der Waals surface area contributed by atoms with Crippen LogP contribution in [0.3, 0.4) is 0 Å². The molecule has 0 unspecified atom stereocenters. The minimum atomic E-state index is -4.46. The standard InChI is InChI=1S/C23H20ClF3N6O3/c24-18-11-28-6-5-17(18)20-19(14-1-3-15(4-2-14)23(25,26)27)30-31-21(29-20)33-12-16(13-33)36-22(34)32-7-9-35-10-8-32/h1-6,11,16H,7-10,12-13H2. The summed E-state index contributed by atoms with van der Waals surface area (Å²) in [7, 11) is 0. The second-order valence-corrected chi connectivity index (χ2v) is 8.66. The molecule has 36 heavy (non-hydrogen) atoms. The highest BCUT2D eigenvalue weighted by molar-refractivity contribution is 6.33. The third-order valence-electron chi connectivity index (χ3n) is 5.86. The van der Waals surface area contributed by atoms with Gasteiger partial charge >= 0.3 is 12.3 Å². The van der Waals surface area contributed by atoms with Gasteiger partial charge in [-0.15, -0.1) is 10.2 Å². The van der Waals surface area contributed by atoms with Gasteiger partial charge in [-0.25, -0.2) is 9.78 Å². The van der Waals surface area contributed by atoms with E-state index in [4.69, 9.17) is 21.1 Å². The molecule has 188 valence electrons. The number of ether oxygens (including phenoxy) is 2. The largest absolute Gasteiger partial charge is 0.442 e. The van der Waals surface area contributed by atoms with Gasteiger partial charge in [0.05, 0.1) is 36.9 Å². The fourth-order valence-corrected chi connectivity index (χ4v) is 4.07. The van der Waals surface area contributed by atoms with Crippen molar-refractivity contribution in [1.82, 2.24) is 25.1 Å². The van der Waals surface area contributed by atoms with Crippen molar-refractivity contribution >= 4 is 23.6 Å². The number of pyridine rings is 1. The van der Waals surface area contributed by atoms with E-state index in [1.165, 1.54) is 24.5 Å². The molecule has 2 aromatic heterocycles. The third kappa shape index (κ3) is 5.05. The summed E-state index contributed by atoms with van der Waals surface area (Å²) in [6, 6.07) is 6.24. The van der Waals surface area contributed by atoms with Crippen LogP contribution in [0.4, 0.5) is 23.9 Å². The third-order valence-corrected chi connectivity index (χ3v) is 6.16. The zero-order valence-corrected chi connectivity index (χ0v) is 19.5. The van der Waals surface area contributed by atoms with Gasteiger partial charge in [0, 0.05) is 36.6 Å². The maximum atomic E-state index is 13.0. The van der Waals surface area contributed by atoms with Crippen molar-refractivity contribution in [1.29, 1.82) is 0 Å². The maximum Gasteiger partial charge on any atom is 0.416 e. The van der Waals surface area contributed by atoms with Gasteiger partial charge in [-0.1, -0.05) is 23.7 Å². The molecule has 2 aliphatic rings. The number of benzene rings is 1. The molecule has 1 aromatic carbocycles. The van der Waals surface area contributed by atoms with Gasteiger partial charge in [-0.2, -0.15) is 13.2 Å². The molecule has 13 heteroatoms. The number of nitrogens with zero attached hydrogens (tertiary/aromatic N) is 6. The second kappa shape index (κ2) is 9.86. The summed E-state index contributed by atoms with van der Waals surface area (Å²) in [6.45, 7) is 2.70. The average Bonchev–Trinajstić information content (AvgIpc) is 2.86. The molecular formula is C23H20ClF3N6O3. The highest BCUT2D eigenvalue weighted by Gasteiger charge is 2.35. The molecule has 2 aliphatic heterocycles. The first-order valence-corrected chi connectivity index (χ1v) is 11.5. The molecule has 0 saturated carbocycles. The molecule has 0 radical (unpaired) electrons. The first-order valence-electron chi connectivity index (χ1n) is 11.1. The van der Waals surface area contributed by atoms with Crippen LogP contribution in [-0.2, 0) is 15.7 Å². The molecule has 5 rings (SSSR count). The zero-order valence-electron chi connectivity index (χ0n) is 18.8. The van der Waals surface area contributed by atoms with Crippen LogP contribution in [0, 0.1) is 0 Å². The molecule has 1 amide bonds. The average molecular weight is 521 g/mol. The van der Waals surface area contributed by atoms with Crippen LogP contribution in [0.15, 0.2) is 42.7 Å². The molecule has 9 nitrogen and oxygen atoms in total. The molecule has 0 bridgehead atoms. The number of rotatable bonds is 4. The van der Waals surface area contributed by atoms with Crippen molar-refractivity contribution in [3.8, 4) is 22.5 Å². The van der Waals surface area contributed by atoms with Crippen LogP contribution in [0.5, 0.6) is 0 Å². The number of alkyl halides is 3. The van der Waals surface area contributed by atoms with Crippen molar-refractivity contribution in [3.63, 3.8) is 0 Å². The predicted octanol–water partition coefficient (Wildman–Crippen LogP) is 3.93. The van der Waals surface area contributed by atoms with Crippen LogP contribution >= 0.6 is 11.6 Å². The van der Waals surface area contributed by atoms with Crippen molar-refractivity contribution < 1.29 is 27.4 Å². The first kappa shape index (κ1) is 24.2. The molecule has 0 spiro atoms. The van der Waals surface area contributed by atoms with Crippen molar-refractivity contribution in [3.05, 3.63) is 53.3 Å². The van der Waals surface area contributed by atoms with Gasteiger partial charge < -0.3 is 19.3 Å². The number of morpholine rings is 1. The van der Waals surface area contributed by atoms with E-state index < -0.39 is 11.7 Å². The zero-order chi connectivity index (χ0) is 25.3.